The fourth-order valence-electron chi connectivity index (χ4n) is 3.83. The first-order valence-corrected chi connectivity index (χ1v) is 11.6. The molecule has 0 aliphatic carbocycles. The lowest BCUT2D eigenvalue weighted by Gasteiger charge is -2.37. The Morgan fingerprint density at radius 2 is 1.85 bits per heavy atom. The molecule has 10 heteroatoms. The third kappa shape index (κ3) is 6.17. The average Bonchev–Trinajstić information content (AvgIpc) is 2.79. The van der Waals surface area contributed by atoms with Gasteiger partial charge >= 0.3 is 5.69 Å². The Hall–Kier alpha value is -3.33. The van der Waals surface area contributed by atoms with Crippen molar-refractivity contribution in [3.63, 3.8) is 0 Å². The summed E-state index contributed by atoms with van der Waals surface area (Å²) in [6.07, 6.45) is 0.524. The van der Waals surface area contributed by atoms with Crippen LogP contribution >= 0.6 is 11.6 Å². The highest BCUT2D eigenvalue weighted by atomic mass is 35.5. The largest absolute Gasteiger partial charge is 0.487 e. The van der Waals surface area contributed by atoms with Gasteiger partial charge in [-0.05, 0) is 43.2 Å². The predicted molar refractivity (Wildman–Crippen MR) is 132 cm³/mol. The average molecular weight is 489 g/mol. The molecule has 0 saturated carbocycles. The topological polar surface area (TPSA) is 105 Å². The number of nitrogens with one attached hydrogen (secondary N) is 1. The van der Waals surface area contributed by atoms with E-state index in [4.69, 9.17) is 16.3 Å². The fraction of sp³-hybridized carbons (Fsp3) is 0.417. The number of anilines is 2. The Kier molecular flexibility index (Phi) is 8.33. The van der Waals surface area contributed by atoms with Crippen LogP contribution in [0.3, 0.4) is 0 Å². The quantitative estimate of drug-likeness (QED) is 0.430. The lowest BCUT2D eigenvalue weighted by atomic mass is 10.1. The molecule has 0 unspecified atom stereocenters. The number of carbonyl (C=O) groups excluding carboxylic acids is 2. The minimum absolute atomic E-state index is 0.109. The van der Waals surface area contributed by atoms with Crippen molar-refractivity contribution in [2.75, 3.05) is 43.0 Å². The number of hydrogen-bond donors (Lipinski definition) is 1. The zero-order valence-corrected chi connectivity index (χ0v) is 20.3. The summed E-state index contributed by atoms with van der Waals surface area (Å²) in [6.45, 7) is 8.45. The van der Waals surface area contributed by atoms with E-state index in [1.54, 1.807) is 19.1 Å². The number of ether oxygens (including phenoxy) is 1. The van der Waals surface area contributed by atoms with Gasteiger partial charge in [0.15, 0.2) is 5.75 Å². The molecule has 1 saturated heterocycles. The molecule has 2 aromatic carbocycles. The van der Waals surface area contributed by atoms with Gasteiger partial charge in [0.25, 0.3) is 5.91 Å². The molecular weight excluding hydrogens is 460 g/mol. The number of carbonyl (C=O) groups is 2. The highest BCUT2D eigenvalue weighted by Gasteiger charge is 2.24. The van der Waals surface area contributed by atoms with Crippen molar-refractivity contribution >= 4 is 40.5 Å². The van der Waals surface area contributed by atoms with Crippen molar-refractivity contribution in [1.29, 1.82) is 0 Å². The first-order chi connectivity index (χ1) is 16.2. The molecule has 9 nitrogen and oxygen atoms in total. The monoisotopic (exact) mass is 488 g/mol. The molecule has 3 rings (SSSR count). The van der Waals surface area contributed by atoms with Crippen LogP contribution in [0.4, 0.5) is 17.1 Å². The van der Waals surface area contributed by atoms with Crippen molar-refractivity contribution in [2.24, 2.45) is 5.92 Å². The molecule has 0 spiro atoms. The number of rotatable bonds is 8. The van der Waals surface area contributed by atoms with Crippen molar-refractivity contribution in [2.45, 2.75) is 27.2 Å². The van der Waals surface area contributed by atoms with Crippen LogP contribution in [-0.4, -0.2) is 54.4 Å². The molecule has 0 atom stereocenters. The predicted octanol–water partition coefficient (Wildman–Crippen LogP) is 4.59. The van der Waals surface area contributed by atoms with Gasteiger partial charge in [-0.3, -0.25) is 19.7 Å². The van der Waals surface area contributed by atoms with Crippen molar-refractivity contribution in [1.82, 2.24) is 4.90 Å². The summed E-state index contributed by atoms with van der Waals surface area (Å²) in [7, 11) is 0. The van der Waals surface area contributed by atoms with Crippen molar-refractivity contribution in [3.05, 3.63) is 57.1 Å². The maximum absolute atomic E-state index is 13.0. The molecule has 1 fully saturated rings. The number of nitro benzene ring substituents is 1. The van der Waals surface area contributed by atoms with E-state index < -0.39 is 10.8 Å². The lowest BCUT2D eigenvalue weighted by molar-refractivity contribution is -0.385. The molecular formula is C24H29ClN4O5. The lowest BCUT2D eigenvalue weighted by Crippen LogP contribution is -2.49. The smallest absolute Gasteiger partial charge is 0.311 e. The number of amides is 2. The maximum Gasteiger partial charge on any atom is 0.311 e. The van der Waals surface area contributed by atoms with Gasteiger partial charge in [-0.1, -0.05) is 25.4 Å². The van der Waals surface area contributed by atoms with E-state index in [-0.39, 0.29) is 29.5 Å². The van der Waals surface area contributed by atoms with Crippen LogP contribution < -0.4 is 15.0 Å². The van der Waals surface area contributed by atoms with Crippen molar-refractivity contribution < 1.29 is 19.2 Å². The van der Waals surface area contributed by atoms with Gasteiger partial charge in [0.2, 0.25) is 5.91 Å². The Morgan fingerprint density at radius 1 is 1.15 bits per heavy atom. The molecule has 1 heterocycles. The highest BCUT2D eigenvalue weighted by Crippen LogP contribution is 2.32. The third-order valence-electron chi connectivity index (χ3n) is 5.48. The van der Waals surface area contributed by atoms with Crippen LogP contribution in [0.25, 0.3) is 0 Å². The third-order valence-corrected chi connectivity index (χ3v) is 5.72. The Morgan fingerprint density at radius 3 is 2.47 bits per heavy atom. The van der Waals surface area contributed by atoms with E-state index in [9.17, 15) is 19.7 Å². The van der Waals surface area contributed by atoms with Crippen LogP contribution in [0.2, 0.25) is 5.02 Å². The molecule has 1 aliphatic rings. The molecule has 0 aromatic heterocycles. The van der Waals surface area contributed by atoms with E-state index in [0.717, 1.165) is 5.69 Å². The second-order valence-electron chi connectivity index (χ2n) is 8.45. The van der Waals surface area contributed by atoms with Gasteiger partial charge in [-0.2, -0.15) is 0 Å². The molecule has 0 bridgehead atoms. The van der Waals surface area contributed by atoms with Gasteiger partial charge in [0.1, 0.15) is 0 Å². The highest BCUT2D eigenvalue weighted by molar-refractivity contribution is 6.31. The van der Waals surface area contributed by atoms with Gasteiger partial charge in [-0.25, -0.2) is 0 Å². The molecule has 182 valence electrons. The number of nitrogens with zero attached hydrogens (tertiary/aromatic N) is 3. The molecule has 34 heavy (non-hydrogen) atoms. The number of halogens is 1. The Labute approximate surface area is 203 Å². The maximum atomic E-state index is 13.0. The molecule has 2 amide bonds. The van der Waals surface area contributed by atoms with Crippen LogP contribution in [-0.2, 0) is 4.79 Å². The van der Waals surface area contributed by atoms with Gasteiger partial charge in [0, 0.05) is 49.3 Å². The zero-order chi connectivity index (χ0) is 24.8. The van der Waals surface area contributed by atoms with E-state index in [0.29, 0.717) is 49.2 Å². The normalized spacial score (nSPS) is 13.7. The Bertz CT molecular complexity index is 1070. The van der Waals surface area contributed by atoms with E-state index in [2.05, 4.69) is 10.2 Å². The molecule has 1 aliphatic heterocycles. The van der Waals surface area contributed by atoms with Crippen LogP contribution in [0.15, 0.2) is 36.4 Å². The minimum Gasteiger partial charge on any atom is -0.487 e. The number of benzene rings is 2. The number of piperazine rings is 1. The number of nitro groups is 1. The standard InChI is InChI=1S/C24H29ClN4O5/c1-4-34-22-8-5-17(14-21(22)29(32)33)24(31)26-19-15-18(25)6-7-20(19)27-9-11-28(12-10-27)23(30)13-16(2)3/h5-8,14-16H,4,9-13H2,1-3H3,(H,26,31). The first kappa shape index (κ1) is 25.3. The summed E-state index contributed by atoms with van der Waals surface area (Å²) in [6, 6.07) is 9.31. The van der Waals surface area contributed by atoms with Crippen LogP contribution in [0, 0.1) is 16.0 Å². The summed E-state index contributed by atoms with van der Waals surface area (Å²) in [5, 5.41) is 14.7. The van der Waals surface area contributed by atoms with Crippen LogP contribution in [0.5, 0.6) is 5.75 Å². The zero-order valence-electron chi connectivity index (χ0n) is 19.5. The van der Waals surface area contributed by atoms with Crippen molar-refractivity contribution in [3.8, 4) is 5.75 Å². The van der Waals surface area contributed by atoms with E-state index in [1.165, 1.54) is 18.2 Å². The van der Waals surface area contributed by atoms with Crippen LogP contribution in [0.1, 0.15) is 37.6 Å². The molecule has 2 aromatic rings. The summed E-state index contributed by atoms with van der Waals surface area (Å²) >= 11 is 6.19. The second kappa shape index (κ2) is 11.2. The Balaban J connectivity index is 1.77. The summed E-state index contributed by atoms with van der Waals surface area (Å²) in [5.74, 6) is 0.0659. The van der Waals surface area contributed by atoms with E-state index >= 15 is 0 Å². The minimum atomic E-state index is -0.577. The van der Waals surface area contributed by atoms with Gasteiger partial charge < -0.3 is 19.9 Å². The summed E-state index contributed by atoms with van der Waals surface area (Å²) in [4.78, 5) is 40.1. The fourth-order valence-corrected chi connectivity index (χ4v) is 4.00. The number of hydrogen-bond acceptors (Lipinski definition) is 6. The summed E-state index contributed by atoms with van der Waals surface area (Å²) in [5.41, 5.74) is 1.12. The SMILES string of the molecule is CCOc1ccc(C(=O)Nc2cc(Cl)ccc2N2CCN(C(=O)CC(C)C)CC2)cc1[N+](=O)[O-]. The molecule has 0 radical (unpaired) electrons. The van der Waals surface area contributed by atoms with Gasteiger partial charge in [0.05, 0.1) is 22.9 Å². The van der Waals surface area contributed by atoms with E-state index in [1.807, 2.05) is 24.8 Å². The van der Waals surface area contributed by atoms with Gasteiger partial charge in [-0.15, -0.1) is 0 Å². The second-order valence-corrected chi connectivity index (χ2v) is 8.89. The molecule has 1 N–H and O–H groups in total. The summed E-state index contributed by atoms with van der Waals surface area (Å²) < 4.78 is 5.29. The first-order valence-electron chi connectivity index (χ1n) is 11.2.